The zero-order valence-electron chi connectivity index (χ0n) is 12.2. The van der Waals surface area contributed by atoms with Gasteiger partial charge in [-0.2, -0.15) is 0 Å². The summed E-state index contributed by atoms with van der Waals surface area (Å²) < 4.78 is 0. The van der Waals surface area contributed by atoms with Crippen molar-refractivity contribution in [3.05, 3.63) is 45.7 Å². The van der Waals surface area contributed by atoms with E-state index in [9.17, 15) is 0 Å². The molecule has 2 aromatic rings. The minimum atomic E-state index is 0.628. The van der Waals surface area contributed by atoms with E-state index in [4.69, 9.17) is 4.98 Å². The van der Waals surface area contributed by atoms with Crippen molar-refractivity contribution < 1.29 is 0 Å². The van der Waals surface area contributed by atoms with Crippen LogP contribution in [0.1, 0.15) is 52.9 Å². The van der Waals surface area contributed by atoms with Gasteiger partial charge in [0.25, 0.3) is 0 Å². The molecule has 2 aromatic heterocycles. The second-order valence-electron chi connectivity index (χ2n) is 6.19. The standard InChI is InChI=1S/C17H21N3S/c1-2-9-18-14(5-1)10-16-20-17-12(11-19-13-7-8-13)4-3-6-15(17)21-16/h1-2,5,9,12-13,19H,3-4,6-8,10-11H2. The lowest BCUT2D eigenvalue weighted by Gasteiger charge is -2.21. The van der Waals surface area contributed by atoms with Crippen LogP contribution in [-0.4, -0.2) is 22.6 Å². The first-order chi connectivity index (χ1) is 10.4. The Bertz CT molecular complexity index is 604. The van der Waals surface area contributed by atoms with Crippen LogP contribution in [0, 0.1) is 0 Å². The third-order valence-electron chi connectivity index (χ3n) is 4.40. The monoisotopic (exact) mass is 299 g/mol. The van der Waals surface area contributed by atoms with Crippen LogP contribution in [0.15, 0.2) is 24.4 Å². The van der Waals surface area contributed by atoms with Gasteiger partial charge in [-0.05, 0) is 44.2 Å². The Hall–Kier alpha value is -1.26. The maximum absolute atomic E-state index is 4.96. The molecule has 1 fully saturated rings. The molecule has 1 N–H and O–H groups in total. The maximum atomic E-state index is 4.96. The molecule has 2 heterocycles. The van der Waals surface area contributed by atoms with E-state index in [1.165, 1.54) is 47.7 Å². The zero-order chi connectivity index (χ0) is 14.1. The lowest BCUT2D eigenvalue weighted by Crippen LogP contribution is -2.25. The quantitative estimate of drug-likeness (QED) is 0.920. The van der Waals surface area contributed by atoms with Crippen LogP contribution in [-0.2, 0) is 12.8 Å². The number of aromatic nitrogens is 2. The van der Waals surface area contributed by atoms with Crippen LogP contribution < -0.4 is 5.32 Å². The molecule has 21 heavy (non-hydrogen) atoms. The van der Waals surface area contributed by atoms with E-state index >= 15 is 0 Å². The van der Waals surface area contributed by atoms with Crippen LogP contribution in [0.25, 0.3) is 0 Å². The van der Waals surface area contributed by atoms with Gasteiger partial charge in [-0.15, -0.1) is 11.3 Å². The molecule has 0 radical (unpaired) electrons. The van der Waals surface area contributed by atoms with Gasteiger partial charge in [0.05, 0.1) is 10.7 Å². The normalized spacial score (nSPS) is 21.2. The molecule has 3 nitrogen and oxygen atoms in total. The molecule has 2 aliphatic rings. The predicted octanol–water partition coefficient (Wildman–Crippen LogP) is 3.30. The molecule has 1 saturated carbocycles. The summed E-state index contributed by atoms with van der Waals surface area (Å²) in [5, 5.41) is 4.91. The molecule has 0 aromatic carbocycles. The van der Waals surface area contributed by atoms with Gasteiger partial charge in [-0.3, -0.25) is 4.98 Å². The van der Waals surface area contributed by atoms with Crippen molar-refractivity contribution in [2.75, 3.05) is 6.54 Å². The van der Waals surface area contributed by atoms with E-state index in [-0.39, 0.29) is 0 Å². The number of thiazole rings is 1. The molecule has 0 spiro atoms. The summed E-state index contributed by atoms with van der Waals surface area (Å²) in [5.74, 6) is 0.628. The van der Waals surface area contributed by atoms with Gasteiger partial charge in [0.1, 0.15) is 0 Å². The molecule has 0 saturated heterocycles. The van der Waals surface area contributed by atoms with Gasteiger partial charge < -0.3 is 5.32 Å². The average Bonchev–Trinajstić information content (AvgIpc) is 3.25. The highest BCUT2D eigenvalue weighted by Crippen LogP contribution is 2.35. The van der Waals surface area contributed by atoms with Crippen LogP contribution in [0.5, 0.6) is 0 Å². The number of fused-ring (bicyclic) bond motifs is 1. The third-order valence-corrected chi connectivity index (χ3v) is 5.53. The first-order valence-corrected chi connectivity index (χ1v) is 8.82. The number of hydrogen-bond acceptors (Lipinski definition) is 4. The van der Waals surface area contributed by atoms with Crippen molar-refractivity contribution in [2.24, 2.45) is 0 Å². The Morgan fingerprint density at radius 3 is 3.00 bits per heavy atom. The topological polar surface area (TPSA) is 37.8 Å². The SMILES string of the molecule is c1ccc(Cc2nc3c(s2)CCCC3CNC2CC2)nc1. The van der Waals surface area contributed by atoms with E-state index in [0.717, 1.165) is 24.7 Å². The first kappa shape index (κ1) is 13.4. The fourth-order valence-electron chi connectivity index (χ4n) is 3.09. The Morgan fingerprint density at radius 2 is 2.19 bits per heavy atom. The molecule has 4 heteroatoms. The molecular formula is C17H21N3S. The lowest BCUT2D eigenvalue weighted by molar-refractivity contribution is 0.500. The van der Waals surface area contributed by atoms with Crippen molar-refractivity contribution in [1.29, 1.82) is 0 Å². The van der Waals surface area contributed by atoms with Crippen molar-refractivity contribution in [2.45, 2.75) is 50.5 Å². The molecule has 0 bridgehead atoms. The zero-order valence-corrected chi connectivity index (χ0v) is 13.0. The molecule has 1 atom stereocenters. The van der Waals surface area contributed by atoms with E-state index < -0.39 is 0 Å². The summed E-state index contributed by atoms with van der Waals surface area (Å²) in [4.78, 5) is 10.9. The van der Waals surface area contributed by atoms with Gasteiger partial charge in [-0.1, -0.05) is 6.07 Å². The first-order valence-electron chi connectivity index (χ1n) is 8.00. The number of aryl methyl sites for hydroxylation is 1. The molecule has 4 rings (SSSR count). The summed E-state index contributed by atoms with van der Waals surface area (Å²) in [6.07, 6.45) is 9.29. The molecular weight excluding hydrogens is 278 g/mol. The van der Waals surface area contributed by atoms with Crippen LogP contribution in [0.4, 0.5) is 0 Å². The van der Waals surface area contributed by atoms with Gasteiger partial charge in [0.2, 0.25) is 0 Å². The summed E-state index contributed by atoms with van der Waals surface area (Å²) in [6.45, 7) is 1.12. The van der Waals surface area contributed by atoms with Crippen molar-refractivity contribution in [3.8, 4) is 0 Å². The van der Waals surface area contributed by atoms with Crippen molar-refractivity contribution in [3.63, 3.8) is 0 Å². The largest absolute Gasteiger partial charge is 0.313 e. The summed E-state index contributed by atoms with van der Waals surface area (Å²) in [6, 6.07) is 6.91. The van der Waals surface area contributed by atoms with Gasteiger partial charge in [0, 0.05) is 41.7 Å². The number of pyridine rings is 1. The van der Waals surface area contributed by atoms with Crippen molar-refractivity contribution >= 4 is 11.3 Å². The van der Waals surface area contributed by atoms with E-state index in [1.54, 1.807) is 0 Å². The molecule has 110 valence electrons. The van der Waals surface area contributed by atoms with Gasteiger partial charge in [-0.25, -0.2) is 4.98 Å². The average molecular weight is 299 g/mol. The highest BCUT2D eigenvalue weighted by Gasteiger charge is 2.27. The Balaban J connectivity index is 1.50. The van der Waals surface area contributed by atoms with Crippen LogP contribution in [0.3, 0.4) is 0 Å². The second-order valence-corrected chi connectivity index (χ2v) is 7.35. The lowest BCUT2D eigenvalue weighted by atomic mass is 9.91. The fourth-order valence-corrected chi connectivity index (χ4v) is 4.30. The third kappa shape index (κ3) is 3.16. The van der Waals surface area contributed by atoms with E-state index in [0.29, 0.717) is 5.92 Å². The van der Waals surface area contributed by atoms with Crippen LogP contribution in [0.2, 0.25) is 0 Å². The summed E-state index contributed by atoms with van der Waals surface area (Å²) in [7, 11) is 0. The fraction of sp³-hybridized carbons (Fsp3) is 0.529. The maximum Gasteiger partial charge on any atom is 0.0990 e. The van der Waals surface area contributed by atoms with E-state index in [1.807, 2.05) is 23.6 Å². The highest BCUT2D eigenvalue weighted by molar-refractivity contribution is 7.11. The second kappa shape index (κ2) is 5.85. The van der Waals surface area contributed by atoms with Gasteiger partial charge >= 0.3 is 0 Å². The van der Waals surface area contributed by atoms with Crippen molar-refractivity contribution in [1.82, 2.24) is 15.3 Å². The number of rotatable bonds is 5. The molecule has 0 amide bonds. The van der Waals surface area contributed by atoms with E-state index in [2.05, 4.69) is 22.4 Å². The Kier molecular flexibility index (Phi) is 3.74. The predicted molar refractivity (Wildman–Crippen MR) is 85.9 cm³/mol. The number of nitrogens with zero attached hydrogens (tertiary/aromatic N) is 2. The Morgan fingerprint density at radius 1 is 1.24 bits per heavy atom. The smallest absolute Gasteiger partial charge is 0.0990 e. The Labute approximate surface area is 129 Å². The summed E-state index contributed by atoms with van der Waals surface area (Å²) in [5.41, 5.74) is 2.50. The van der Waals surface area contributed by atoms with Crippen LogP contribution >= 0.6 is 11.3 Å². The molecule has 0 aliphatic heterocycles. The molecule has 2 aliphatic carbocycles. The highest BCUT2D eigenvalue weighted by atomic mass is 32.1. The number of nitrogens with one attached hydrogen (secondary N) is 1. The van der Waals surface area contributed by atoms with Gasteiger partial charge in [0.15, 0.2) is 0 Å². The summed E-state index contributed by atoms with van der Waals surface area (Å²) >= 11 is 1.90. The molecule has 1 unspecified atom stereocenters. The minimum absolute atomic E-state index is 0.628. The minimum Gasteiger partial charge on any atom is -0.313 e. The number of hydrogen-bond donors (Lipinski definition) is 1.